The zero-order chi connectivity index (χ0) is 11.9. The monoisotopic (exact) mass is 236 g/mol. The lowest BCUT2D eigenvalue weighted by Gasteiger charge is -2.24. The molecule has 0 radical (unpaired) electrons. The quantitative estimate of drug-likeness (QED) is 0.729. The van der Waals surface area contributed by atoms with E-state index in [1.54, 1.807) is 18.6 Å². The molecule has 2 N–H and O–H groups in total. The fourth-order valence-corrected chi connectivity index (χ4v) is 2.24. The molecule has 5 heteroatoms. The van der Waals surface area contributed by atoms with E-state index in [4.69, 9.17) is 5.11 Å². The van der Waals surface area contributed by atoms with Crippen molar-refractivity contribution in [2.45, 2.75) is 25.4 Å². The molecule has 1 aromatic rings. The third-order valence-corrected chi connectivity index (χ3v) is 3.06. The third kappa shape index (κ3) is 4.03. The maximum Gasteiger partial charge on any atom is 0.0726 e. The van der Waals surface area contributed by atoms with Gasteiger partial charge in [-0.05, 0) is 19.4 Å². The standard InChI is InChI=1S/C12H20N4O/c17-7-6-16(9-11-2-1-3-14-11)10-12-8-13-4-5-15-12/h4-5,8,11,14,17H,1-3,6-7,9-10H2. The van der Waals surface area contributed by atoms with Crippen molar-refractivity contribution < 1.29 is 5.11 Å². The molecular weight excluding hydrogens is 216 g/mol. The maximum absolute atomic E-state index is 9.09. The molecule has 1 aliphatic rings. The number of rotatable bonds is 6. The first-order chi connectivity index (χ1) is 8.38. The Bertz CT molecular complexity index is 314. The van der Waals surface area contributed by atoms with Crippen molar-refractivity contribution in [1.29, 1.82) is 0 Å². The second kappa shape index (κ2) is 6.64. The molecule has 1 aliphatic heterocycles. The van der Waals surface area contributed by atoms with Crippen LogP contribution in [0.15, 0.2) is 18.6 Å². The van der Waals surface area contributed by atoms with Gasteiger partial charge in [-0.2, -0.15) is 0 Å². The van der Waals surface area contributed by atoms with E-state index < -0.39 is 0 Å². The summed E-state index contributed by atoms with van der Waals surface area (Å²) in [6.45, 7) is 3.72. The number of hydrogen-bond donors (Lipinski definition) is 2. The molecule has 0 amide bonds. The van der Waals surface area contributed by atoms with Crippen LogP contribution in [0.25, 0.3) is 0 Å². The van der Waals surface area contributed by atoms with Gasteiger partial charge in [-0.25, -0.2) is 0 Å². The lowest BCUT2D eigenvalue weighted by molar-refractivity contribution is 0.177. The minimum Gasteiger partial charge on any atom is -0.395 e. The molecule has 2 heterocycles. The molecule has 1 saturated heterocycles. The van der Waals surface area contributed by atoms with Crippen molar-refractivity contribution in [2.75, 3.05) is 26.2 Å². The van der Waals surface area contributed by atoms with Gasteiger partial charge in [0.15, 0.2) is 0 Å². The molecule has 1 atom stereocenters. The molecule has 1 fully saturated rings. The van der Waals surface area contributed by atoms with Crippen LogP contribution in [0.1, 0.15) is 18.5 Å². The van der Waals surface area contributed by atoms with Gasteiger partial charge in [0, 0.05) is 44.3 Å². The molecule has 5 nitrogen and oxygen atoms in total. The highest BCUT2D eigenvalue weighted by atomic mass is 16.3. The molecule has 0 saturated carbocycles. The topological polar surface area (TPSA) is 61.3 Å². The van der Waals surface area contributed by atoms with Crippen LogP contribution in [0, 0.1) is 0 Å². The normalized spacial score (nSPS) is 20.0. The van der Waals surface area contributed by atoms with Gasteiger partial charge in [-0.1, -0.05) is 0 Å². The Morgan fingerprint density at radius 3 is 3.06 bits per heavy atom. The first-order valence-corrected chi connectivity index (χ1v) is 6.20. The highest BCUT2D eigenvalue weighted by Gasteiger charge is 2.17. The molecule has 94 valence electrons. The summed E-state index contributed by atoms with van der Waals surface area (Å²) in [7, 11) is 0. The number of aliphatic hydroxyl groups is 1. The van der Waals surface area contributed by atoms with Crippen molar-refractivity contribution in [2.24, 2.45) is 0 Å². The number of aromatic nitrogens is 2. The summed E-state index contributed by atoms with van der Waals surface area (Å²) in [5.41, 5.74) is 0.957. The fraction of sp³-hybridized carbons (Fsp3) is 0.667. The minimum absolute atomic E-state index is 0.187. The molecule has 0 aliphatic carbocycles. The van der Waals surface area contributed by atoms with Crippen LogP contribution in [-0.4, -0.2) is 52.3 Å². The summed E-state index contributed by atoms with van der Waals surface area (Å²) in [6, 6.07) is 0.554. The van der Waals surface area contributed by atoms with Gasteiger partial charge >= 0.3 is 0 Å². The van der Waals surface area contributed by atoms with Crippen LogP contribution in [0.4, 0.5) is 0 Å². The van der Waals surface area contributed by atoms with Gasteiger partial charge in [0.05, 0.1) is 12.3 Å². The highest BCUT2D eigenvalue weighted by molar-refractivity contribution is 4.94. The molecular formula is C12H20N4O. The van der Waals surface area contributed by atoms with E-state index in [-0.39, 0.29) is 6.61 Å². The maximum atomic E-state index is 9.09. The summed E-state index contributed by atoms with van der Waals surface area (Å²) in [5, 5.41) is 12.6. The van der Waals surface area contributed by atoms with Crippen molar-refractivity contribution in [1.82, 2.24) is 20.2 Å². The Morgan fingerprint density at radius 1 is 1.47 bits per heavy atom. The predicted molar refractivity (Wildman–Crippen MR) is 65.4 cm³/mol. The minimum atomic E-state index is 0.187. The smallest absolute Gasteiger partial charge is 0.0726 e. The zero-order valence-electron chi connectivity index (χ0n) is 10.0. The Balaban J connectivity index is 1.87. The SMILES string of the molecule is OCCN(Cc1cnccn1)CC1CCCN1. The Labute approximate surface area is 102 Å². The molecule has 1 aromatic heterocycles. The largest absolute Gasteiger partial charge is 0.395 e. The van der Waals surface area contributed by atoms with Crippen LogP contribution < -0.4 is 5.32 Å². The van der Waals surface area contributed by atoms with E-state index in [1.807, 2.05) is 0 Å². The van der Waals surface area contributed by atoms with E-state index >= 15 is 0 Å². The summed E-state index contributed by atoms with van der Waals surface area (Å²) in [5.74, 6) is 0. The van der Waals surface area contributed by atoms with E-state index in [1.165, 1.54) is 12.8 Å². The van der Waals surface area contributed by atoms with Crippen molar-refractivity contribution in [3.8, 4) is 0 Å². The van der Waals surface area contributed by atoms with Crippen molar-refractivity contribution in [3.63, 3.8) is 0 Å². The van der Waals surface area contributed by atoms with Crippen molar-refractivity contribution >= 4 is 0 Å². The van der Waals surface area contributed by atoms with E-state index in [2.05, 4.69) is 20.2 Å². The van der Waals surface area contributed by atoms with Crippen molar-refractivity contribution in [3.05, 3.63) is 24.3 Å². The number of aliphatic hydroxyl groups excluding tert-OH is 1. The third-order valence-electron chi connectivity index (χ3n) is 3.06. The predicted octanol–water partition coefficient (Wildman–Crippen LogP) is 0.0229. The molecule has 0 aromatic carbocycles. The summed E-state index contributed by atoms with van der Waals surface area (Å²) in [4.78, 5) is 10.6. The van der Waals surface area contributed by atoms with Gasteiger partial charge < -0.3 is 10.4 Å². The second-order valence-corrected chi connectivity index (χ2v) is 4.45. The summed E-state index contributed by atoms with van der Waals surface area (Å²) >= 11 is 0. The van der Waals surface area contributed by atoms with Gasteiger partial charge in [0.1, 0.15) is 0 Å². The van der Waals surface area contributed by atoms with Gasteiger partial charge in [-0.15, -0.1) is 0 Å². The van der Waals surface area contributed by atoms with E-state index in [9.17, 15) is 0 Å². The first kappa shape index (κ1) is 12.4. The zero-order valence-corrected chi connectivity index (χ0v) is 10.0. The van der Waals surface area contributed by atoms with Crippen LogP contribution in [-0.2, 0) is 6.54 Å². The average Bonchev–Trinajstić information content (AvgIpc) is 2.83. The van der Waals surface area contributed by atoms with E-state index in [0.717, 1.165) is 25.3 Å². The summed E-state index contributed by atoms with van der Waals surface area (Å²) < 4.78 is 0. The van der Waals surface area contributed by atoms with Gasteiger partial charge in [0.2, 0.25) is 0 Å². The average molecular weight is 236 g/mol. The molecule has 2 rings (SSSR count). The second-order valence-electron chi connectivity index (χ2n) is 4.45. The highest BCUT2D eigenvalue weighted by Crippen LogP contribution is 2.08. The lowest BCUT2D eigenvalue weighted by atomic mass is 10.2. The number of nitrogens with zero attached hydrogens (tertiary/aromatic N) is 3. The van der Waals surface area contributed by atoms with Gasteiger partial charge in [0.25, 0.3) is 0 Å². The Kier molecular flexibility index (Phi) is 4.85. The molecule has 1 unspecified atom stereocenters. The Hall–Kier alpha value is -1.04. The van der Waals surface area contributed by atoms with Crippen LogP contribution >= 0.6 is 0 Å². The lowest BCUT2D eigenvalue weighted by Crippen LogP contribution is -2.38. The summed E-state index contributed by atoms with van der Waals surface area (Å²) in [6.07, 6.45) is 7.65. The Morgan fingerprint density at radius 2 is 2.41 bits per heavy atom. The molecule has 17 heavy (non-hydrogen) atoms. The van der Waals surface area contributed by atoms with Crippen LogP contribution in [0.5, 0.6) is 0 Å². The molecule has 0 bridgehead atoms. The van der Waals surface area contributed by atoms with Crippen LogP contribution in [0.2, 0.25) is 0 Å². The van der Waals surface area contributed by atoms with Gasteiger partial charge in [-0.3, -0.25) is 14.9 Å². The van der Waals surface area contributed by atoms with Crippen LogP contribution in [0.3, 0.4) is 0 Å². The molecule has 0 spiro atoms. The number of hydrogen-bond acceptors (Lipinski definition) is 5. The fourth-order valence-electron chi connectivity index (χ4n) is 2.24. The first-order valence-electron chi connectivity index (χ1n) is 6.20. The van der Waals surface area contributed by atoms with E-state index in [0.29, 0.717) is 12.6 Å². The number of nitrogens with one attached hydrogen (secondary N) is 1.